The summed E-state index contributed by atoms with van der Waals surface area (Å²) in [7, 11) is 1.47. The van der Waals surface area contributed by atoms with Crippen LogP contribution in [-0.4, -0.2) is 26.3 Å². The molecule has 0 bridgehead atoms. The number of methoxy groups -OCH3 is 1. The molecule has 1 aromatic carbocycles. The van der Waals surface area contributed by atoms with Gasteiger partial charge in [-0.3, -0.25) is 0 Å². The Balaban J connectivity index is 2.81. The number of carbonyl (C=O) groups is 1. The summed E-state index contributed by atoms with van der Waals surface area (Å²) in [6.07, 6.45) is 1.16. The first-order valence-corrected chi connectivity index (χ1v) is 5.21. The average Bonchev–Trinajstić information content (AvgIpc) is 2.38. The van der Waals surface area contributed by atoms with Crippen LogP contribution in [0.1, 0.15) is 5.56 Å². The predicted octanol–water partition coefficient (Wildman–Crippen LogP) is 1.92. The van der Waals surface area contributed by atoms with Crippen LogP contribution in [0, 0.1) is 17.1 Å². The normalized spacial score (nSPS) is 10.8. The number of hydrogen-bond donors (Lipinski definition) is 0. The van der Waals surface area contributed by atoms with Crippen molar-refractivity contribution in [3.8, 4) is 6.07 Å². The second-order valence-corrected chi connectivity index (χ2v) is 3.32. The molecule has 94 valence electrons. The Bertz CT molecular complexity index is 491. The van der Waals surface area contributed by atoms with E-state index in [0.29, 0.717) is 0 Å². The minimum atomic E-state index is -0.794. The van der Waals surface area contributed by atoms with Crippen molar-refractivity contribution in [2.45, 2.75) is 0 Å². The van der Waals surface area contributed by atoms with Crippen LogP contribution < -0.4 is 0 Å². The van der Waals surface area contributed by atoms with Crippen LogP contribution >= 0.6 is 0 Å². The van der Waals surface area contributed by atoms with E-state index in [1.165, 1.54) is 25.3 Å². The maximum absolute atomic E-state index is 13.3. The molecule has 0 aliphatic carbocycles. The number of rotatable bonds is 5. The molecule has 1 aromatic rings. The van der Waals surface area contributed by atoms with Crippen molar-refractivity contribution in [1.82, 2.24) is 0 Å². The third-order valence-electron chi connectivity index (χ3n) is 2.07. The number of halogens is 1. The van der Waals surface area contributed by atoms with Gasteiger partial charge in [-0.15, -0.1) is 0 Å². The third-order valence-corrected chi connectivity index (χ3v) is 2.07. The molecular formula is C13H12FNO3. The zero-order chi connectivity index (χ0) is 13.4. The Hall–Kier alpha value is -2.19. The molecule has 0 aromatic heterocycles. The molecule has 0 atom stereocenters. The minimum absolute atomic E-state index is 0.0472. The molecular weight excluding hydrogens is 237 g/mol. The SMILES string of the molecule is COCCOC(=O)/C(C#N)=C\c1ccccc1F. The quantitative estimate of drug-likeness (QED) is 0.346. The van der Waals surface area contributed by atoms with Crippen LogP contribution in [0.5, 0.6) is 0 Å². The summed E-state index contributed by atoms with van der Waals surface area (Å²) in [6.45, 7) is 0.287. The van der Waals surface area contributed by atoms with Crippen molar-refractivity contribution in [1.29, 1.82) is 5.26 Å². The minimum Gasteiger partial charge on any atom is -0.459 e. The van der Waals surface area contributed by atoms with Crippen LogP contribution in [0.4, 0.5) is 4.39 Å². The number of nitrogens with zero attached hydrogens (tertiary/aromatic N) is 1. The van der Waals surface area contributed by atoms with Gasteiger partial charge in [0.1, 0.15) is 24.1 Å². The Labute approximate surface area is 104 Å². The largest absolute Gasteiger partial charge is 0.459 e. The lowest BCUT2D eigenvalue weighted by Gasteiger charge is -2.03. The van der Waals surface area contributed by atoms with Gasteiger partial charge in [0.25, 0.3) is 0 Å². The highest BCUT2D eigenvalue weighted by atomic mass is 19.1. The van der Waals surface area contributed by atoms with Crippen LogP contribution in [0.3, 0.4) is 0 Å². The molecule has 0 unspecified atom stereocenters. The molecule has 0 saturated carbocycles. The van der Waals surface area contributed by atoms with Crippen LogP contribution in [0.2, 0.25) is 0 Å². The van der Waals surface area contributed by atoms with Gasteiger partial charge in [0.2, 0.25) is 0 Å². The fourth-order valence-electron chi connectivity index (χ4n) is 1.18. The summed E-state index contributed by atoms with van der Waals surface area (Å²) in [6, 6.07) is 7.53. The summed E-state index contributed by atoms with van der Waals surface area (Å²) in [5.74, 6) is -1.30. The van der Waals surface area contributed by atoms with Gasteiger partial charge in [0, 0.05) is 12.7 Å². The van der Waals surface area contributed by atoms with E-state index in [0.717, 1.165) is 6.08 Å². The van der Waals surface area contributed by atoms with Gasteiger partial charge in [-0.1, -0.05) is 18.2 Å². The maximum atomic E-state index is 13.3. The van der Waals surface area contributed by atoms with Crippen LogP contribution in [0.15, 0.2) is 29.8 Å². The van der Waals surface area contributed by atoms with E-state index in [-0.39, 0.29) is 24.4 Å². The van der Waals surface area contributed by atoms with Crippen molar-refractivity contribution in [2.24, 2.45) is 0 Å². The van der Waals surface area contributed by atoms with E-state index < -0.39 is 11.8 Å². The van der Waals surface area contributed by atoms with E-state index in [1.807, 2.05) is 0 Å². The number of nitriles is 1. The lowest BCUT2D eigenvalue weighted by Crippen LogP contribution is -2.11. The van der Waals surface area contributed by atoms with Gasteiger partial charge in [-0.2, -0.15) is 5.26 Å². The molecule has 0 radical (unpaired) electrons. The Morgan fingerprint density at radius 3 is 2.78 bits per heavy atom. The third kappa shape index (κ3) is 4.00. The van der Waals surface area contributed by atoms with E-state index in [1.54, 1.807) is 12.1 Å². The molecule has 4 nitrogen and oxygen atoms in total. The zero-order valence-corrected chi connectivity index (χ0v) is 9.85. The Morgan fingerprint density at radius 1 is 1.44 bits per heavy atom. The fraction of sp³-hybridized carbons (Fsp3) is 0.231. The molecule has 0 fully saturated rings. The highest BCUT2D eigenvalue weighted by molar-refractivity contribution is 5.97. The van der Waals surface area contributed by atoms with E-state index in [2.05, 4.69) is 0 Å². The Morgan fingerprint density at radius 2 is 2.17 bits per heavy atom. The second-order valence-electron chi connectivity index (χ2n) is 3.32. The van der Waals surface area contributed by atoms with Gasteiger partial charge in [-0.05, 0) is 12.1 Å². The first kappa shape index (κ1) is 13.9. The number of ether oxygens (including phenoxy) is 2. The Kier molecular flexibility index (Phi) is 5.55. The lowest BCUT2D eigenvalue weighted by molar-refractivity contribution is -0.139. The van der Waals surface area contributed by atoms with Gasteiger partial charge in [0.15, 0.2) is 0 Å². The molecule has 0 aliphatic rings. The second kappa shape index (κ2) is 7.20. The average molecular weight is 249 g/mol. The van der Waals surface area contributed by atoms with Crippen molar-refractivity contribution in [3.05, 3.63) is 41.2 Å². The number of carbonyl (C=O) groups excluding carboxylic acids is 1. The lowest BCUT2D eigenvalue weighted by atomic mass is 10.1. The smallest absolute Gasteiger partial charge is 0.348 e. The highest BCUT2D eigenvalue weighted by Gasteiger charge is 2.11. The van der Waals surface area contributed by atoms with Crippen molar-refractivity contribution < 1.29 is 18.7 Å². The topological polar surface area (TPSA) is 59.3 Å². The van der Waals surface area contributed by atoms with Crippen molar-refractivity contribution >= 4 is 12.0 Å². The molecule has 0 heterocycles. The van der Waals surface area contributed by atoms with Gasteiger partial charge < -0.3 is 9.47 Å². The number of esters is 1. The molecule has 0 spiro atoms. The van der Waals surface area contributed by atoms with Crippen LogP contribution in [0.25, 0.3) is 6.08 Å². The first-order valence-electron chi connectivity index (χ1n) is 5.21. The standard InChI is InChI=1S/C13H12FNO3/c1-17-6-7-18-13(16)11(9-15)8-10-4-2-3-5-12(10)14/h2-5,8H,6-7H2,1H3/b11-8-. The van der Waals surface area contributed by atoms with Crippen LogP contribution in [-0.2, 0) is 14.3 Å². The first-order chi connectivity index (χ1) is 8.69. The molecule has 0 saturated heterocycles. The summed E-state index contributed by atoms with van der Waals surface area (Å²) >= 11 is 0. The summed E-state index contributed by atoms with van der Waals surface area (Å²) in [5.41, 5.74) is -0.0889. The molecule has 0 aliphatic heterocycles. The van der Waals surface area contributed by atoms with Gasteiger partial charge in [-0.25, -0.2) is 9.18 Å². The van der Waals surface area contributed by atoms with E-state index >= 15 is 0 Å². The molecule has 0 amide bonds. The summed E-state index contributed by atoms with van der Waals surface area (Å²) in [4.78, 5) is 11.5. The number of benzene rings is 1. The molecule has 5 heteroatoms. The zero-order valence-electron chi connectivity index (χ0n) is 9.85. The number of hydrogen-bond acceptors (Lipinski definition) is 4. The monoisotopic (exact) mass is 249 g/mol. The maximum Gasteiger partial charge on any atom is 0.348 e. The fourth-order valence-corrected chi connectivity index (χ4v) is 1.18. The van der Waals surface area contributed by atoms with Gasteiger partial charge >= 0.3 is 5.97 Å². The van der Waals surface area contributed by atoms with Crippen molar-refractivity contribution in [2.75, 3.05) is 20.3 Å². The summed E-state index contributed by atoms with van der Waals surface area (Å²) in [5, 5.41) is 8.83. The highest BCUT2D eigenvalue weighted by Crippen LogP contribution is 2.12. The molecule has 1 rings (SSSR count). The van der Waals surface area contributed by atoms with E-state index in [4.69, 9.17) is 14.7 Å². The summed E-state index contributed by atoms with van der Waals surface area (Å²) < 4.78 is 22.8. The molecule has 0 N–H and O–H groups in total. The van der Waals surface area contributed by atoms with Gasteiger partial charge in [0.05, 0.1) is 6.61 Å². The van der Waals surface area contributed by atoms with E-state index in [9.17, 15) is 9.18 Å². The van der Waals surface area contributed by atoms with Crippen molar-refractivity contribution in [3.63, 3.8) is 0 Å². The molecule has 18 heavy (non-hydrogen) atoms. The predicted molar refractivity (Wildman–Crippen MR) is 62.8 cm³/mol.